The number of pyridine rings is 1. The van der Waals surface area contributed by atoms with Crippen molar-refractivity contribution in [3.05, 3.63) is 21.9 Å². The Balaban J connectivity index is 2.05. The third-order valence-corrected chi connectivity index (χ3v) is 3.46. The van der Waals surface area contributed by atoms with Gasteiger partial charge in [0.1, 0.15) is 5.82 Å². The van der Waals surface area contributed by atoms with Gasteiger partial charge in [0.25, 0.3) is 0 Å². The van der Waals surface area contributed by atoms with E-state index in [0.29, 0.717) is 0 Å². The van der Waals surface area contributed by atoms with Crippen LogP contribution in [0.2, 0.25) is 0 Å². The molecule has 1 aliphatic rings. The Morgan fingerprint density at radius 2 is 2.07 bits per heavy atom. The summed E-state index contributed by atoms with van der Waals surface area (Å²) in [4.78, 5) is 6.83. The van der Waals surface area contributed by atoms with Crippen molar-refractivity contribution < 1.29 is 0 Å². The Bertz CT molecular complexity index is 289. The molecule has 14 heavy (non-hydrogen) atoms. The average Bonchev–Trinajstić information content (AvgIpc) is 2.21. The summed E-state index contributed by atoms with van der Waals surface area (Å²) in [6.45, 7) is 4.65. The molecule has 2 heterocycles. The molecule has 0 unspecified atom stereocenters. The SMILES string of the molecule is CC1CCN(c2ccc(I)cn2)CC1. The fourth-order valence-electron chi connectivity index (χ4n) is 1.79. The fraction of sp³-hybridized carbons (Fsp3) is 0.545. The minimum Gasteiger partial charge on any atom is -0.357 e. The highest BCUT2D eigenvalue weighted by molar-refractivity contribution is 14.1. The van der Waals surface area contributed by atoms with Crippen molar-refractivity contribution in [2.24, 2.45) is 5.92 Å². The molecule has 1 aromatic rings. The lowest BCUT2D eigenvalue weighted by Gasteiger charge is -2.31. The average molecular weight is 302 g/mol. The second-order valence-electron chi connectivity index (χ2n) is 4.00. The highest BCUT2D eigenvalue weighted by atomic mass is 127. The lowest BCUT2D eigenvalue weighted by atomic mass is 9.99. The Labute approximate surface area is 98.9 Å². The standard InChI is InChI=1S/C11H15IN2/c1-9-4-6-14(7-5-9)11-3-2-10(12)8-13-11/h2-3,8-9H,4-7H2,1H3. The number of piperidine rings is 1. The molecule has 0 aromatic carbocycles. The molecule has 2 rings (SSSR count). The molecule has 1 saturated heterocycles. The smallest absolute Gasteiger partial charge is 0.128 e. The fourth-order valence-corrected chi connectivity index (χ4v) is 2.11. The van der Waals surface area contributed by atoms with Gasteiger partial charge in [-0.25, -0.2) is 4.98 Å². The molecule has 0 radical (unpaired) electrons. The maximum Gasteiger partial charge on any atom is 0.128 e. The molecule has 0 N–H and O–H groups in total. The van der Waals surface area contributed by atoms with Gasteiger partial charge >= 0.3 is 0 Å². The monoisotopic (exact) mass is 302 g/mol. The number of aromatic nitrogens is 1. The largest absolute Gasteiger partial charge is 0.357 e. The quantitative estimate of drug-likeness (QED) is 0.742. The second-order valence-corrected chi connectivity index (χ2v) is 5.25. The van der Waals surface area contributed by atoms with Gasteiger partial charge in [0.2, 0.25) is 0 Å². The van der Waals surface area contributed by atoms with E-state index in [9.17, 15) is 0 Å². The van der Waals surface area contributed by atoms with Crippen LogP contribution in [-0.2, 0) is 0 Å². The van der Waals surface area contributed by atoms with Crippen molar-refractivity contribution in [1.29, 1.82) is 0 Å². The van der Waals surface area contributed by atoms with Gasteiger partial charge in [-0.2, -0.15) is 0 Å². The highest BCUT2D eigenvalue weighted by Crippen LogP contribution is 2.21. The van der Waals surface area contributed by atoms with E-state index >= 15 is 0 Å². The number of halogens is 1. The van der Waals surface area contributed by atoms with Crippen LogP contribution in [0.5, 0.6) is 0 Å². The molecule has 76 valence electrons. The first-order valence-electron chi connectivity index (χ1n) is 5.12. The molecule has 0 spiro atoms. The van der Waals surface area contributed by atoms with Gasteiger partial charge in [-0.3, -0.25) is 0 Å². The normalized spacial score (nSPS) is 18.6. The van der Waals surface area contributed by atoms with Crippen LogP contribution in [-0.4, -0.2) is 18.1 Å². The predicted octanol–water partition coefficient (Wildman–Crippen LogP) is 2.92. The van der Waals surface area contributed by atoms with Crippen LogP contribution in [0, 0.1) is 9.49 Å². The van der Waals surface area contributed by atoms with E-state index in [4.69, 9.17) is 0 Å². The summed E-state index contributed by atoms with van der Waals surface area (Å²) in [5, 5.41) is 0. The van der Waals surface area contributed by atoms with Crippen LogP contribution >= 0.6 is 22.6 Å². The van der Waals surface area contributed by atoms with Gasteiger partial charge in [0.05, 0.1) is 0 Å². The summed E-state index contributed by atoms with van der Waals surface area (Å²) in [7, 11) is 0. The molecule has 2 nitrogen and oxygen atoms in total. The first kappa shape index (κ1) is 10.2. The van der Waals surface area contributed by atoms with Crippen LogP contribution in [0.15, 0.2) is 18.3 Å². The molecular weight excluding hydrogens is 287 g/mol. The third kappa shape index (κ3) is 2.38. The van der Waals surface area contributed by atoms with Crippen LogP contribution < -0.4 is 4.90 Å². The van der Waals surface area contributed by atoms with E-state index in [1.165, 1.54) is 16.4 Å². The van der Waals surface area contributed by atoms with Crippen LogP contribution in [0.25, 0.3) is 0 Å². The van der Waals surface area contributed by atoms with Crippen molar-refractivity contribution in [1.82, 2.24) is 4.98 Å². The van der Waals surface area contributed by atoms with Gasteiger partial charge in [-0.05, 0) is 53.5 Å². The Morgan fingerprint density at radius 1 is 1.36 bits per heavy atom. The van der Waals surface area contributed by atoms with Gasteiger partial charge in [-0.15, -0.1) is 0 Å². The van der Waals surface area contributed by atoms with E-state index in [-0.39, 0.29) is 0 Å². The summed E-state index contributed by atoms with van der Waals surface area (Å²) in [6, 6.07) is 4.25. The Morgan fingerprint density at radius 3 is 2.64 bits per heavy atom. The highest BCUT2D eigenvalue weighted by Gasteiger charge is 2.16. The molecule has 1 aliphatic heterocycles. The minimum atomic E-state index is 0.884. The molecular formula is C11H15IN2. The van der Waals surface area contributed by atoms with Crippen LogP contribution in [0.3, 0.4) is 0 Å². The molecule has 0 atom stereocenters. The zero-order valence-electron chi connectivity index (χ0n) is 8.41. The van der Waals surface area contributed by atoms with Crippen molar-refractivity contribution >= 4 is 28.4 Å². The summed E-state index contributed by atoms with van der Waals surface area (Å²) in [6.07, 6.45) is 4.54. The molecule has 0 bridgehead atoms. The molecule has 0 amide bonds. The van der Waals surface area contributed by atoms with Gasteiger partial charge in [0.15, 0.2) is 0 Å². The number of hydrogen-bond donors (Lipinski definition) is 0. The zero-order chi connectivity index (χ0) is 9.97. The number of anilines is 1. The maximum absolute atomic E-state index is 4.45. The number of nitrogens with zero attached hydrogens (tertiary/aromatic N) is 2. The van der Waals surface area contributed by atoms with Crippen molar-refractivity contribution in [3.8, 4) is 0 Å². The second kappa shape index (κ2) is 4.47. The van der Waals surface area contributed by atoms with Crippen molar-refractivity contribution in [2.75, 3.05) is 18.0 Å². The Hall–Kier alpha value is -0.320. The molecule has 0 saturated carbocycles. The predicted molar refractivity (Wildman–Crippen MR) is 67.6 cm³/mol. The van der Waals surface area contributed by atoms with Gasteiger partial charge in [0, 0.05) is 22.9 Å². The first-order chi connectivity index (χ1) is 6.75. The Kier molecular flexibility index (Phi) is 3.26. The van der Waals surface area contributed by atoms with E-state index in [1.54, 1.807) is 0 Å². The first-order valence-corrected chi connectivity index (χ1v) is 6.20. The molecule has 1 aromatic heterocycles. The van der Waals surface area contributed by atoms with E-state index in [0.717, 1.165) is 24.8 Å². The van der Waals surface area contributed by atoms with Gasteiger partial charge in [-0.1, -0.05) is 6.92 Å². The van der Waals surface area contributed by atoms with Crippen LogP contribution in [0.1, 0.15) is 19.8 Å². The number of hydrogen-bond acceptors (Lipinski definition) is 2. The molecule has 1 fully saturated rings. The lowest BCUT2D eigenvalue weighted by molar-refractivity contribution is 0.436. The van der Waals surface area contributed by atoms with E-state index < -0.39 is 0 Å². The van der Waals surface area contributed by atoms with Crippen LogP contribution in [0.4, 0.5) is 5.82 Å². The van der Waals surface area contributed by atoms with Crippen molar-refractivity contribution in [3.63, 3.8) is 0 Å². The third-order valence-electron chi connectivity index (χ3n) is 2.82. The molecule has 3 heteroatoms. The van der Waals surface area contributed by atoms with Gasteiger partial charge < -0.3 is 4.90 Å². The van der Waals surface area contributed by atoms with E-state index in [1.807, 2.05) is 6.20 Å². The van der Waals surface area contributed by atoms with E-state index in [2.05, 4.69) is 51.5 Å². The summed E-state index contributed by atoms with van der Waals surface area (Å²) in [5.74, 6) is 2.02. The van der Waals surface area contributed by atoms with Crippen molar-refractivity contribution in [2.45, 2.75) is 19.8 Å². The summed E-state index contributed by atoms with van der Waals surface area (Å²) < 4.78 is 1.21. The summed E-state index contributed by atoms with van der Waals surface area (Å²) >= 11 is 2.29. The maximum atomic E-state index is 4.45. The molecule has 0 aliphatic carbocycles. The number of rotatable bonds is 1. The topological polar surface area (TPSA) is 16.1 Å². The zero-order valence-corrected chi connectivity index (χ0v) is 10.6. The lowest BCUT2D eigenvalue weighted by Crippen LogP contribution is -2.33. The minimum absolute atomic E-state index is 0.884. The summed E-state index contributed by atoms with van der Waals surface area (Å²) in [5.41, 5.74) is 0.